The molecule has 0 atom stereocenters. The van der Waals surface area contributed by atoms with Gasteiger partial charge < -0.3 is 10.5 Å². The van der Waals surface area contributed by atoms with Gasteiger partial charge in [0.25, 0.3) is 0 Å². The van der Waals surface area contributed by atoms with Gasteiger partial charge in [-0.3, -0.25) is 4.79 Å². The Hall–Kier alpha value is -2.63. The van der Waals surface area contributed by atoms with Crippen LogP contribution in [0.2, 0.25) is 0 Å². The van der Waals surface area contributed by atoms with E-state index in [9.17, 15) is 9.18 Å². The molecular formula is C15H9FN4OS2. The van der Waals surface area contributed by atoms with Crippen LogP contribution in [0.3, 0.4) is 0 Å². The summed E-state index contributed by atoms with van der Waals surface area (Å²) in [6, 6.07) is 9.49. The number of carbonyl (C=O) groups is 1. The smallest absolute Gasteiger partial charge is 0.181 e. The lowest BCUT2D eigenvalue weighted by atomic mass is 10.1. The van der Waals surface area contributed by atoms with Gasteiger partial charge in [-0.15, -0.1) is 0 Å². The van der Waals surface area contributed by atoms with Gasteiger partial charge in [0, 0.05) is 11.3 Å². The van der Waals surface area contributed by atoms with E-state index in [-0.39, 0.29) is 11.4 Å². The number of aldehydes is 1. The van der Waals surface area contributed by atoms with Crippen LogP contribution in [0.15, 0.2) is 35.2 Å². The summed E-state index contributed by atoms with van der Waals surface area (Å²) in [5.41, 5.74) is 7.51. The second-order valence-electron chi connectivity index (χ2n) is 4.54. The summed E-state index contributed by atoms with van der Waals surface area (Å²) in [7, 11) is 0. The number of carbonyl (C=O) groups excluding carboxylic acids is 1. The number of rotatable bonds is 4. The molecule has 3 aromatic rings. The van der Waals surface area contributed by atoms with Crippen LogP contribution in [0.4, 0.5) is 15.2 Å². The maximum atomic E-state index is 13.7. The summed E-state index contributed by atoms with van der Waals surface area (Å²) in [4.78, 5) is 15.6. The van der Waals surface area contributed by atoms with Gasteiger partial charge >= 0.3 is 0 Å². The van der Waals surface area contributed by atoms with E-state index in [1.54, 1.807) is 18.2 Å². The minimum atomic E-state index is -0.375. The molecule has 1 aromatic heterocycles. The van der Waals surface area contributed by atoms with Gasteiger partial charge in [-0.25, -0.2) is 9.37 Å². The average Bonchev–Trinajstić information content (AvgIpc) is 2.92. The summed E-state index contributed by atoms with van der Waals surface area (Å²) in [6.07, 6.45) is 0.629. The number of thiazole rings is 1. The van der Waals surface area contributed by atoms with Gasteiger partial charge in [0.2, 0.25) is 0 Å². The maximum absolute atomic E-state index is 13.7. The third kappa shape index (κ3) is 3.11. The zero-order valence-electron chi connectivity index (χ0n) is 11.5. The Labute approximate surface area is 139 Å². The zero-order chi connectivity index (χ0) is 16.4. The molecule has 0 saturated heterocycles. The topological polar surface area (TPSA) is 91.8 Å². The van der Waals surface area contributed by atoms with Crippen molar-refractivity contribution in [2.24, 2.45) is 0 Å². The highest BCUT2D eigenvalue weighted by Gasteiger charge is 2.11. The van der Waals surface area contributed by atoms with Crippen LogP contribution in [0, 0.1) is 17.1 Å². The standard InChI is InChI=1S/C15H9FN4OS2/c16-10-4-12-14(19-15(18)22-12)13(5-10)23-20-11-2-1-8(7-21)9(3-11)6-17/h1-5,7,20H,(H2,18,19). The van der Waals surface area contributed by atoms with Crippen LogP contribution >= 0.6 is 23.3 Å². The number of hydrogen-bond donors (Lipinski definition) is 2. The normalized spacial score (nSPS) is 10.4. The number of nitrogens with one attached hydrogen (secondary N) is 1. The molecule has 0 radical (unpaired) electrons. The molecule has 0 fully saturated rings. The number of halogens is 1. The molecule has 8 heteroatoms. The van der Waals surface area contributed by atoms with Gasteiger partial charge in [-0.1, -0.05) is 11.3 Å². The molecule has 0 spiro atoms. The van der Waals surface area contributed by atoms with Crippen LogP contribution in [0.25, 0.3) is 10.2 Å². The Bertz CT molecular complexity index is 949. The highest BCUT2D eigenvalue weighted by Crippen LogP contribution is 2.33. The molecule has 0 bridgehead atoms. The lowest BCUT2D eigenvalue weighted by Crippen LogP contribution is -1.93. The molecule has 5 nitrogen and oxygen atoms in total. The van der Waals surface area contributed by atoms with E-state index in [0.717, 1.165) is 11.9 Å². The summed E-state index contributed by atoms with van der Waals surface area (Å²) in [5, 5.41) is 9.39. The van der Waals surface area contributed by atoms with Crippen LogP contribution in [-0.2, 0) is 0 Å². The maximum Gasteiger partial charge on any atom is 0.181 e. The predicted octanol–water partition coefficient (Wildman–Crippen LogP) is 3.82. The van der Waals surface area contributed by atoms with E-state index in [0.29, 0.717) is 37.8 Å². The Balaban J connectivity index is 1.89. The number of anilines is 2. The first kappa shape index (κ1) is 15.3. The molecule has 0 aliphatic carbocycles. The van der Waals surface area contributed by atoms with Crippen molar-refractivity contribution in [2.75, 3.05) is 10.5 Å². The zero-order valence-corrected chi connectivity index (χ0v) is 13.2. The van der Waals surface area contributed by atoms with Gasteiger partial charge in [0.05, 0.1) is 26.7 Å². The first-order chi connectivity index (χ1) is 11.1. The molecule has 114 valence electrons. The molecule has 0 aliphatic heterocycles. The van der Waals surface area contributed by atoms with Crippen LogP contribution < -0.4 is 10.5 Å². The van der Waals surface area contributed by atoms with Crippen molar-refractivity contribution in [1.29, 1.82) is 5.26 Å². The fraction of sp³-hybridized carbons (Fsp3) is 0. The summed E-state index contributed by atoms with van der Waals surface area (Å²) < 4.78 is 17.4. The third-order valence-corrected chi connectivity index (χ3v) is 4.72. The Morgan fingerprint density at radius 3 is 2.96 bits per heavy atom. The van der Waals surface area contributed by atoms with E-state index < -0.39 is 0 Å². The van der Waals surface area contributed by atoms with E-state index in [4.69, 9.17) is 11.0 Å². The SMILES string of the molecule is N#Cc1cc(NSc2cc(F)cc3sc(N)nc23)ccc1C=O. The fourth-order valence-electron chi connectivity index (χ4n) is 2.00. The number of hydrogen-bond acceptors (Lipinski definition) is 7. The number of nitriles is 1. The van der Waals surface area contributed by atoms with Crippen LogP contribution in [0.1, 0.15) is 15.9 Å². The molecule has 0 saturated carbocycles. The predicted molar refractivity (Wildman–Crippen MR) is 90.0 cm³/mol. The monoisotopic (exact) mass is 344 g/mol. The molecule has 0 aliphatic rings. The van der Waals surface area contributed by atoms with Crippen molar-refractivity contribution in [3.05, 3.63) is 47.3 Å². The minimum absolute atomic E-state index is 0.271. The average molecular weight is 344 g/mol. The van der Waals surface area contributed by atoms with Crippen molar-refractivity contribution in [3.8, 4) is 6.07 Å². The van der Waals surface area contributed by atoms with E-state index in [1.807, 2.05) is 6.07 Å². The minimum Gasteiger partial charge on any atom is -0.375 e. The molecule has 0 unspecified atom stereocenters. The summed E-state index contributed by atoms with van der Waals surface area (Å²) in [5.74, 6) is -0.375. The molecule has 23 heavy (non-hydrogen) atoms. The van der Waals surface area contributed by atoms with Crippen molar-refractivity contribution in [3.63, 3.8) is 0 Å². The Morgan fingerprint density at radius 1 is 1.39 bits per heavy atom. The quantitative estimate of drug-likeness (QED) is 0.552. The second kappa shape index (κ2) is 6.24. The highest BCUT2D eigenvalue weighted by molar-refractivity contribution is 8.00. The lowest BCUT2D eigenvalue weighted by molar-refractivity contribution is 0.112. The van der Waals surface area contributed by atoms with E-state index >= 15 is 0 Å². The lowest BCUT2D eigenvalue weighted by Gasteiger charge is -2.07. The molecular weight excluding hydrogens is 335 g/mol. The fourth-order valence-corrected chi connectivity index (χ4v) is 3.62. The number of fused-ring (bicyclic) bond motifs is 1. The van der Waals surface area contributed by atoms with Gasteiger partial charge in [0.1, 0.15) is 5.82 Å². The van der Waals surface area contributed by atoms with Crippen molar-refractivity contribution >= 4 is 50.6 Å². The summed E-state index contributed by atoms with van der Waals surface area (Å²) >= 11 is 2.38. The molecule has 1 heterocycles. The number of nitrogens with zero attached hydrogens (tertiary/aromatic N) is 2. The van der Waals surface area contributed by atoms with Gasteiger partial charge in [0.15, 0.2) is 11.4 Å². The summed E-state index contributed by atoms with van der Waals surface area (Å²) in [6.45, 7) is 0. The van der Waals surface area contributed by atoms with Crippen molar-refractivity contribution in [1.82, 2.24) is 4.98 Å². The number of benzene rings is 2. The molecule has 3 N–H and O–H groups in total. The van der Waals surface area contributed by atoms with E-state index in [2.05, 4.69) is 9.71 Å². The Morgan fingerprint density at radius 2 is 2.22 bits per heavy atom. The first-order valence-electron chi connectivity index (χ1n) is 6.38. The number of nitrogen functional groups attached to an aromatic ring is 1. The largest absolute Gasteiger partial charge is 0.375 e. The van der Waals surface area contributed by atoms with E-state index in [1.165, 1.54) is 23.5 Å². The third-order valence-electron chi connectivity index (χ3n) is 3.02. The Kier molecular flexibility index (Phi) is 4.14. The number of aromatic nitrogens is 1. The molecule has 3 rings (SSSR count). The van der Waals surface area contributed by atoms with Crippen LogP contribution in [0.5, 0.6) is 0 Å². The first-order valence-corrected chi connectivity index (χ1v) is 8.02. The van der Waals surface area contributed by atoms with Gasteiger partial charge in [-0.05, 0) is 42.3 Å². The molecule has 0 amide bonds. The second-order valence-corrected chi connectivity index (χ2v) is 6.45. The van der Waals surface area contributed by atoms with Gasteiger partial charge in [-0.2, -0.15) is 5.26 Å². The van der Waals surface area contributed by atoms with Crippen molar-refractivity contribution < 1.29 is 9.18 Å². The van der Waals surface area contributed by atoms with Crippen molar-refractivity contribution in [2.45, 2.75) is 4.90 Å². The van der Waals surface area contributed by atoms with Crippen LogP contribution in [-0.4, -0.2) is 11.3 Å². The number of nitrogens with two attached hydrogens (primary N) is 1. The molecule has 2 aromatic carbocycles. The highest BCUT2D eigenvalue weighted by atomic mass is 32.2.